The van der Waals surface area contributed by atoms with Gasteiger partial charge in [0, 0.05) is 17.1 Å². The minimum absolute atomic E-state index is 0.00622. The molecule has 1 amide bonds. The van der Waals surface area contributed by atoms with Crippen LogP contribution in [0.15, 0.2) is 48.5 Å². The Morgan fingerprint density at radius 1 is 1.15 bits per heavy atom. The number of anilines is 1. The van der Waals surface area contributed by atoms with Crippen molar-refractivity contribution >= 4 is 23.2 Å². The summed E-state index contributed by atoms with van der Waals surface area (Å²) in [4.78, 5) is 12.1. The van der Waals surface area contributed by atoms with Crippen molar-refractivity contribution in [3.05, 3.63) is 64.7 Å². The first-order chi connectivity index (χ1) is 9.58. The summed E-state index contributed by atoms with van der Waals surface area (Å²) >= 11 is 6.05. The van der Waals surface area contributed by atoms with Crippen LogP contribution in [-0.4, -0.2) is 5.91 Å². The lowest BCUT2D eigenvalue weighted by molar-refractivity contribution is -0.116. The van der Waals surface area contributed by atoms with Crippen LogP contribution in [0.1, 0.15) is 30.4 Å². The summed E-state index contributed by atoms with van der Waals surface area (Å²) in [5.41, 5.74) is 2.85. The van der Waals surface area contributed by atoms with Crippen molar-refractivity contribution in [2.24, 2.45) is 0 Å². The highest BCUT2D eigenvalue weighted by Gasteiger charge is 2.12. The van der Waals surface area contributed by atoms with Gasteiger partial charge in [0.2, 0.25) is 5.91 Å². The first kappa shape index (κ1) is 14.6. The fourth-order valence-electron chi connectivity index (χ4n) is 2.12. The molecule has 0 heterocycles. The molecular weight excluding hydrogens is 270 g/mol. The third kappa shape index (κ3) is 3.61. The zero-order chi connectivity index (χ0) is 14.5. The first-order valence-electron chi connectivity index (χ1n) is 6.68. The third-order valence-corrected chi connectivity index (χ3v) is 3.81. The molecule has 0 aromatic heterocycles. The second kappa shape index (κ2) is 6.58. The molecule has 1 unspecified atom stereocenters. The molecule has 1 atom stereocenters. The quantitative estimate of drug-likeness (QED) is 0.861. The molecule has 2 nitrogen and oxygen atoms in total. The van der Waals surface area contributed by atoms with Crippen molar-refractivity contribution in [2.75, 3.05) is 5.32 Å². The summed E-state index contributed by atoms with van der Waals surface area (Å²) in [6.07, 6.45) is 0.454. The van der Waals surface area contributed by atoms with E-state index in [0.29, 0.717) is 11.4 Å². The Kier molecular flexibility index (Phi) is 4.80. The lowest BCUT2D eigenvalue weighted by Gasteiger charge is -2.13. The molecule has 2 aromatic carbocycles. The second-order valence-electron chi connectivity index (χ2n) is 4.98. The lowest BCUT2D eigenvalue weighted by atomic mass is 9.97. The molecule has 0 saturated carbocycles. The molecule has 0 aliphatic heterocycles. The number of rotatable bonds is 4. The summed E-state index contributed by atoms with van der Waals surface area (Å²) in [7, 11) is 0. The van der Waals surface area contributed by atoms with Gasteiger partial charge in [-0.1, -0.05) is 54.9 Å². The van der Waals surface area contributed by atoms with E-state index in [-0.39, 0.29) is 11.8 Å². The van der Waals surface area contributed by atoms with Crippen molar-refractivity contribution in [2.45, 2.75) is 26.2 Å². The number of hydrogen-bond acceptors (Lipinski definition) is 1. The van der Waals surface area contributed by atoms with Crippen molar-refractivity contribution in [3.63, 3.8) is 0 Å². The summed E-state index contributed by atoms with van der Waals surface area (Å²) in [6.45, 7) is 3.96. The molecule has 0 saturated heterocycles. The zero-order valence-electron chi connectivity index (χ0n) is 11.7. The van der Waals surface area contributed by atoms with Gasteiger partial charge in [-0.05, 0) is 36.1 Å². The smallest absolute Gasteiger partial charge is 0.224 e. The minimum atomic E-state index is 0.00622. The van der Waals surface area contributed by atoms with Crippen LogP contribution in [0.2, 0.25) is 5.02 Å². The lowest BCUT2D eigenvalue weighted by Crippen LogP contribution is -2.15. The molecule has 20 heavy (non-hydrogen) atoms. The van der Waals surface area contributed by atoms with Crippen molar-refractivity contribution < 1.29 is 4.79 Å². The maximum Gasteiger partial charge on any atom is 0.224 e. The van der Waals surface area contributed by atoms with Gasteiger partial charge in [-0.15, -0.1) is 0 Å². The third-order valence-electron chi connectivity index (χ3n) is 3.40. The van der Waals surface area contributed by atoms with Crippen LogP contribution in [0.25, 0.3) is 0 Å². The van der Waals surface area contributed by atoms with Crippen LogP contribution in [-0.2, 0) is 4.79 Å². The van der Waals surface area contributed by atoms with Crippen LogP contribution < -0.4 is 5.32 Å². The van der Waals surface area contributed by atoms with E-state index in [1.165, 1.54) is 5.56 Å². The Bertz CT molecular complexity index is 595. The summed E-state index contributed by atoms with van der Waals surface area (Å²) < 4.78 is 0. The van der Waals surface area contributed by atoms with Gasteiger partial charge in [-0.25, -0.2) is 0 Å². The van der Waals surface area contributed by atoms with Crippen molar-refractivity contribution in [1.29, 1.82) is 0 Å². The predicted octanol–water partition coefficient (Wildman–Crippen LogP) is 4.78. The van der Waals surface area contributed by atoms with Gasteiger partial charge in [0.1, 0.15) is 0 Å². The molecule has 104 valence electrons. The number of nitrogens with one attached hydrogen (secondary N) is 1. The fourth-order valence-corrected chi connectivity index (χ4v) is 2.30. The molecule has 0 radical (unpaired) electrons. The number of hydrogen-bond donors (Lipinski definition) is 1. The topological polar surface area (TPSA) is 29.1 Å². The average molecular weight is 288 g/mol. The van der Waals surface area contributed by atoms with E-state index in [0.717, 1.165) is 11.3 Å². The number of amides is 1. The Hall–Kier alpha value is -1.80. The monoisotopic (exact) mass is 287 g/mol. The molecule has 1 N–H and O–H groups in total. The maximum absolute atomic E-state index is 12.1. The van der Waals surface area contributed by atoms with Gasteiger partial charge in [-0.2, -0.15) is 0 Å². The van der Waals surface area contributed by atoms with Gasteiger partial charge < -0.3 is 5.32 Å². The van der Waals surface area contributed by atoms with Gasteiger partial charge in [0.25, 0.3) is 0 Å². The Labute approximate surface area is 124 Å². The van der Waals surface area contributed by atoms with E-state index in [4.69, 9.17) is 11.6 Å². The molecule has 3 heteroatoms. The molecule has 0 aliphatic rings. The van der Waals surface area contributed by atoms with Gasteiger partial charge in [0.05, 0.1) is 0 Å². The summed E-state index contributed by atoms with van der Waals surface area (Å²) in [5.74, 6) is 0.197. The number of benzene rings is 2. The van der Waals surface area contributed by atoms with E-state index in [1.807, 2.05) is 55.5 Å². The Morgan fingerprint density at radius 2 is 1.85 bits per heavy atom. The van der Waals surface area contributed by atoms with Crippen LogP contribution in [0.3, 0.4) is 0 Å². The molecule has 0 fully saturated rings. The van der Waals surface area contributed by atoms with Crippen molar-refractivity contribution in [3.8, 4) is 0 Å². The molecule has 2 aromatic rings. The second-order valence-corrected chi connectivity index (χ2v) is 5.38. The Balaban J connectivity index is 2.01. The average Bonchev–Trinajstić information content (AvgIpc) is 2.45. The number of carbonyl (C=O) groups excluding carboxylic acids is 1. The van der Waals surface area contributed by atoms with Gasteiger partial charge in [0.15, 0.2) is 0 Å². The van der Waals surface area contributed by atoms with E-state index in [1.54, 1.807) is 0 Å². The minimum Gasteiger partial charge on any atom is -0.326 e. The number of carbonyl (C=O) groups is 1. The van der Waals surface area contributed by atoms with E-state index in [2.05, 4.69) is 12.2 Å². The van der Waals surface area contributed by atoms with E-state index < -0.39 is 0 Å². The highest BCUT2D eigenvalue weighted by atomic mass is 35.5. The predicted molar refractivity (Wildman–Crippen MR) is 84.3 cm³/mol. The maximum atomic E-state index is 12.1. The van der Waals surface area contributed by atoms with Crippen molar-refractivity contribution in [1.82, 2.24) is 0 Å². The SMILES string of the molecule is Cc1c(Cl)cccc1NC(=O)CC(C)c1ccccc1. The zero-order valence-corrected chi connectivity index (χ0v) is 12.4. The molecule has 0 bridgehead atoms. The van der Waals surface area contributed by atoms with Crippen LogP contribution in [0.4, 0.5) is 5.69 Å². The number of halogens is 1. The molecule has 0 aliphatic carbocycles. The molecular formula is C17H18ClNO. The summed E-state index contributed by atoms with van der Waals surface area (Å²) in [6, 6.07) is 15.6. The van der Waals surface area contributed by atoms with Crippen LogP contribution >= 0.6 is 11.6 Å². The van der Waals surface area contributed by atoms with Crippen LogP contribution in [0.5, 0.6) is 0 Å². The summed E-state index contributed by atoms with van der Waals surface area (Å²) in [5, 5.41) is 3.59. The standard InChI is InChI=1S/C17H18ClNO/c1-12(14-7-4-3-5-8-14)11-17(20)19-16-10-6-9-15(18)13(16)2/h3-10,12H,11H2,1-2H3,(H,19,20). The highest BCUT2D eigenvalue weighted by molar-refractivity contribution is 6.31. The van der Waals surface area contributed by atoms with Gasteiger partial charge in [-0.3, -0.25) is 4.79 Å². The first-order valence-corrected chi connectivity index (χ1v) is 7.05. The molecule has 2 rings (SSSR count). The highest BCUT2D eigenvalue weighted by Crippen LogP contribution is 2.24. The fraction of sp³-hybridized carbons (Fsp3) is 0.235. The van der Waals surface area contributed by atoms with Gasteiger partial charge >= 0.3 is 0 Å². The van der Waals surface area contributed by atoms with E-state index in [9.17, 15) is 4.79 Å². The molecule has 0 spiro atoms. The normalized spacial score (nSPS) is 11.9. The van der Waals surface area contributed by atoms with Crippen LogP contribution in [0, 0.1) is 6.92 Å². The Morgan fingerprint density at radius 3 is 2.55 bits per heavy atom. The van der Waals surface area contributed by atoms with E-state index >= 15 is 0 Å². The largest absolute Gasteiger partial charge is 0.326 e.